The van der Waals surface area contributed by atoms with E-state index in [1.54, 1.807) is 20.8 Å². The molecule has 3 nitrogen and oxygen atoms in total. The molecule has 0 aliphatic carbocycles. The highest BCUT2D eigenvalue weighted by Gasteiger charge is 2.39. The Labute approximate surface area is 93.9 Å². The summed E-state index contributed by atoms with van der Waals surface area (Å²) in [4.78, 5) is 13.9. The van der Waals surface area contributed by atoms with Gasteiger partial charge in [-0.05, 0) is 0 Å². The molecular formula is C9H10F3NO2S. The molecule has 0 aliphatic rings. The zero-order chi connectivity index (χ0) is 12.7. The van der Waals surface area contributed by atoms with Crippen LogP contribution in [0.3, 0.4) is 0 Å². The van der Waals surface area contributed by atoms with E-state index >= 15 is 0 Å². The minimum absolute atomic E-state index is 0.0303. The number of thiazole rings is 1. The summed E-state index contributed by atoms with van der Waals surface area (Å²) >= 11 is 0.166. The van der Waals surface area contributed by atoms with Crippen LogP contribution >= 0.6 is 11.3 Å². The molecule has 0 fully saturated rings. The van der Waals surface area contributed by atoms with Crippen LogP contribution in [0, 0.1) is 0 Å². The first kappa shape index (κ1) is 13.0. The third-order valence-electron chi connectivity index (χ3n) is 1.77. The largest absolute Gasteiger partial charge is 0.477 e. The number of hydrogen-bond donors (Lipinski definition) is 1. The molecule has 0 bridgehead atoms. The van der Waals surface area contributed by atoms with Crippen LogP contribution in [-0.2, 0) is 11.6 Å². The molecule has 0 unspecified atom stereocenters. The zero-order valence-corrected chi connectivity index (χ0v) is 9.66. The molecule has 1 rings (SSSR count). The number of halogens is 3. The van der Waals surface area contributed by atoms with E-state index in [1.165, 1.54) is 0 Å². The molecule has 90 valence electrons. The number of alkyl halides is 3. The Kier molecular flexibility index (Phi) is 3.02. The summed E-state index contributed by atoms with van der Waals surface area (Å²) in [6.45, 7) is 4.86. The van der Waals surface area contributed by atoms with Crippen LogP contribution in [0.2, 0.25) is 0 Å². The Morgan fingerprint density at radius 2 is 1.81 bits per heavy atom. The number of carboxylic acid groups (broad SMARTS) is 1. The van der Waals surface area contributed by atoms with Crippen LogP contribution < -0.4 is 0 Å². The van der Waals surface area contributed by atoms with Crippen LogP contribution in [0.15, 0.2) is 0 Å². The molecule has 1 aromatic heterocycles. The van der Waals surface area contributed by atoms with Gasteiger partial charge < -0.3 is 5.11 Å². The Bertz CT molecular complexity index is 417. The average Bonchev–Trinajstić information content (AvgIpc) is 2.44. The maximum absolute atomic E-state index is 12.4. The van der Waals surface area contributed by atoms with Crippen molar-refractivity contribution in [3.63, 3.8) is 0 Å². The van der Waals surface area contributed by atoms with E-state index < -0.39 is 22.6 Å². The quantitative estimate of drug-likeness (QED) is 0.836. The molecule has 0 aromatic carbocycles. The van der Waals surface area contributed by atoms with Crippen molar-refractivity contribution in [2.24, 2.45) is 0 Å². The van der Waals surface area contributed by atoms with Gasteiger partial charge in [0, 0.05) is 5.41 Å². The maximum Gasteiger partial charge on any atom is 0.443 e. The molecule has 0 amide bonds. The lowest BCUT2D eigenvalue weighted by Gasteiger charge is -2.16. The van der Waals surface area contributed by atoms with Crippen LogP contribution in [0.4, 0.5) is 13.2 Å². The minimum Gasteiger partial charge on any atom is -0.477 e. The number of carboxylic acids is 1. The fraction of sp³-hybridized carbons (Fsp3) is 0.556. The maximum atomic E-state index is 12.4. The SMILES string of the molecule is CC(C)(C)c1nc(C(F)(F)F)sc1C(=O)O. The van der Waals surface area contributed by atoms with Gasteiger partial charge in [-0.2, -0.15) is 13.2 Å². The van der Waals surface area contributed by atoms with E-state index in [-0.39, 0.29) is 21.9 Å². The lowest BCUT2D eigenvalue weighted by molar-refractivity contribution is -0.137. The highest BCUT2D eigenvalue weighted by molar-refractivity contribution is 7.13. The van der Waals surface area contributed by atoms with E-state index in [4.69, 9.17) is 5.11 Å². The van der Waals surface area contributed by atoms with Crippen molar-refractivity contribution in [2.45, 2.75) is 32.4 Å². The molecule has 16 heavy (non-hydrogen) atoms. The molecule has 0 atom stereocenters. The number of nitrogens with zero attached hydrogens (tertiary/aromatic N) is 1. The Hall–Kier alpha value is -1.11. The molecule has 0 saturated heterocycles. The first-order chi connectivity index (χ1) is 7.03. The van der Waals surface area contributed by atoms with Crippen LogP contribution in [0.1, 0.15) is 41.1 Å². The first-order valence-electron chi connectivity index (χ1n) is 4.35. The van der Waals surface area contributed by atoms with Crippen molar-refractivity contribution < 1.29 is 23.1 Å². The van der Waals surface area contributed by atoms with Crippen molar-refractivity contribution in [1.82, 2.24) is 4.98 Å². The summed E-state index contributed by atoms with van der Waals surface area (Å²) in [5.41, 5.74) is -0.759. The summed E-state index contributed by atoms with van der Waals surface area (Å²) < 4.78 is 37.2. The van der Waals surface area contributed by atoms with Crippen LogP contribution in [0.25, 0.3) is 0 Å². The van der Waals surface area contributed by atoms with Gasteiger partial charge in [-0.15, -0.1) is 11.3 Å². The van der Waals surface area contributed by atoms with E-state index in [1.807, 2.05) is 0 Å². The molecule has 0 radical (unpaired) electrons. The zero-order valence-electron chi connectivity index (χ0n) is 8.84. The van der Waals surface area contributed by atoms with Crippen molar-refractivity contribution in [1.29, 1.82) is 0 Å². The Morgan fingerprint density at radius 1 is 1.31 bits per heavy atom. The van der Waals surface area contributed by atoms with Crippen molar-refractivity contribution in [3.05, 3.63) is 15.6 Å². The predicted molar refractivity (Wildman–Crippen MR) is 52.8 cm³/mol. The predicted octanol–water partition coefficient (Wildman–Crippen LogP) is 3.16. The number of rotatable bonds is 1. The summed E-state index contributed by atoms with van der Waals surface area (Å²) in [6, 6.07) is 0. The smallest absolute Gasteiger partial charge is 0.443 e. The second kappa shape index (κ2) is 3.73. The topological polar surface area (TPSA) is 50.2 Å². The fourth-order valence-corrected chi connectivity index (χ4v) is 2.08. The summed E-state index contributed by atoms with van der Waals surface area (Å²) in [5, 5.41) is 7.70. The van der Waals surface area contributed by atoms with Gasteiger partial charge in [-0.25, -0.2) is 9.78 Å². The Morgan fingerprint density at radius 3 is 2.06 bits per heavy atom. The van der Waals surface area contributed by atoms with Crippen molar-refractivity contribution >= 4 is 17.3 Å². The number of aromatic carboxylic acids is 1. The molecule has 1 heterocycles. The fourth-order valence-electron chi connectivity index (χ4n) is 1.09. The first-order valence-corrected chi connectivity index (χ1v) is 5.17. The molecule has 1 aromatic rings. The second-order valence-electron chi connectivity index (χ2n) is 4.25. The lowest BCUT2D eigenvalue weighted by Crippen LogP contribution is -2.16. The third kappa shape index (κ3) is 2.52. The van der Waals surface area contributed by atoms with Gasteiger partial charge in [0.1, 0.15) is 4.88 Å². The molecule has 0 saturated carbocycles. The van der Waals surface area contributed by atoms with Gasteiger partial charge >= 0.3 is 12.1 Å². The normalized spacial score (nSPS) is 12.9. The van der Waals surface area contributed by atoms with Crippen LogP contribution in [0.5, 0.6) is 0 Å². The van der Waals surface area contributed by atoms with E-state index in [9.17, 15) is 18.0 Å². The van der Waals surface area contributed by atoms with E-state index in [0.717, 1.165) is 0 Å². The van der Waals surface area contributed by atoms with Crippen molar-refractivity contribution in [2.75, 3.05) is 0 Å². The lowest BCUT2D eigenvalue weighted by atomic mass is 9.91. The average molecular weight is 253 g/mol. The Balaban J connectivity index is 3.38. The monoisotopic (exact) mass is 253 g/mol. The van der Waals surface area contributed by atoms with Gasteiger partial charge in [-0.3, -0.25) is 0 Å². The van der Waals surface area contributed by atoms with E-state index in [2.05, 4.69) is 4.98 Å². The molecular weight excluding hydrogens is 243 g/mol. The number of aromatic nitrogens is 1. The van der Waals surface area contributed by atoms with Gasteiger partial charge in [0.05, 0.1) is 5.69 Å². The van der Waals surface area contributed by atoms with Crippen molar-refractivity contribution in [3.8, 4) is 0 Å². The number of carbonyl (C=O) groups is 1. The van der Waals surface area contributed by atoms with Gasteiger partial charge in [-0.1, -0.05) is 20.8 Å². The molecule has 0 aliphatic heterocycles. The molecule has 7 heteroatoms. The summed E-state index contributed by atoms with van der Waals surface area (Å²) in [7, 11) is 0. The molecule has 1 N–H and O–H groups in total. The summed E-state index contributed by atoms with van der Waals surface area (Å²) in [5.74, 6) is -1.38. The second-order valence-corrected chi connectivity index (χ2v) is 5.25. The minimum atomic E-state index is -4.60. The highest BCUT2D eigenvalue weighted by atomic mass is 32.1. The third-order valence-corrected chi connectivity index (χ3v) is 2.86. The van der Waals surface area contributed by atoms with Gasteiger partial charge in [0.15, 0.2) is 5.01 Å². The molecule has 0 spiro atoms. The van der Waals surface area contributed by atoms with E-state index in [0.29, 0.717) is 0 Å². The van der Waals surface area contributed by atoms with Gasteiger partial charge in [0.2, 0.25) is 0 Å². The van der Waals surface area contributed by atoms with Gasteiger partial charge in [0.25, 0.3) is 0 Å². The highest BCUT2D eigenvalue weighted by Crippen LogP contribution is 2.37. The number of hydrogen-bond acceptors (Lipinski definition) is 3. The van der Waals surface area contributed by atoms with Crippen LogP contribution in [-0.4, -0.2) is 16.1 Å². The summed E-state index contributed by atoms with van der Waals surface area (Å²) in [6.07, 6.45) is -4.60. The standard InChI is InChI=1S/C9H10F3NO2S/c1-8(2,3)5-4(6(14)15)16-7(13-5)9(10,11)12/h1-3H3,(H,14,15).